The van der Waals surface area contributed by atoms with Crippen molar-refractivity contribution >= 4 is 12.1 Å². The lowest BCUT2D eigenvalue weighted by molar-refractivity contribution is 0.0955. The normalized spacial score (nSPS) is 11.0. The lowest BCUT2D eigenvalue weighted by Crippen LogP contribution is -2.17. The van der Waals surface area contributed by atoms with Gasteiger partial charge in [-0.25, -0.2) is 5.43 Å². The highest BCUT2D eigenvalue weighted by molar-refractivity contribution is 5.94. The first-order chi connectivity index (χ1) is 12.3. The molecule has 0 unspecified atom stereocenters. The van der Waals surface area contributed by atoms with Crippen LogP contribution in [0.25, 0.3) is 0 Å². The van der Waals surface area contributed by atoms with Crippen LogP contribution in [-0.2, 0) is 0 Å². The Balaban J connectivity index is 2.14. The molecule has 0 fully saturated rings. The molecule has 0 bridgehead atoms. The third-order valence-corrected chi connectivity index (χ3v) is 4.06. The maximum absolute atomic E-state index is 11.9. The number of rotatable bonds is 14. The molecule has 0 aliphatic rings. The zero-order valence-electron chi connectivity index (χ0n) is 15.9. The van der Waals surface area contributed by atoms with E-state index in [1.807, 2.05) is 12.1 Å². The summed E-state index contributed by atoms with van der Waals surface area (Å²) in [5, 5.41) is 3.91. The minimum absolute atomic E-state index is 0.193. The molecule has 1 rings (SSSR count). The minimum atomic E-state index is -0.193. The first kappa shape index (κ1) is 21.2. The first-order valence-corrected chi connectivity index (χ1v) is 9.82. The summed E-state index contributed by atoms with van der Waals surface area (Å²) in [5.41, 5.74) is 3.12. The molecule has 4 heteroatoms. The number of ether oxygens (including phenoxy) is 1. The van der Waals surface area contributed by atoms with Gasteiger partial charge in [0.05, 0.1) is 6.61 Å². The number of benzene rings is 1. The van der Waals surface area contributed by atoms with Crippen molar-refractivity contribution in [1.29, 1.82) is 0 Å². The van der Waals surface area contributed by atoms with Gasteiger partial charge in [-0.15, -0.1) is 0 Å². The van der Waals surface area contributed by atoms with Crippen LogP contribution in [0.4, 0.5) is 0 Å². The second kappa shape index (κ2) is 14.5. The molecule has 1 aromatic carbocycles. The van der Waals surface area contributed by atoms with Crippen LogP contribution in [0.1, 0.15) is 88.4 Å². The number of hydrazone groups is 1. The van der Waals surface area contributed by atoms with E-state index in [1.54, 1.807) is 18.3 Å². The van der Waals surface area contributed by atoms with Crippen molar-refractivity contribution in [3.05, 3.63) is 29.8 Å². The van der Waals surface area contributed by atoms with Crippen molar-refractivity contribution in [3.63, 3.8) is 0 Å². The van der Waals surface area contributed by atoms with Gasteiger partial charge in [-0.2, -0.15) is 5.10 Å². The van der Waals surface area contributed by atoms with E-state index >= 15 is 0 Å². The zero-order valence-corrected chi connectivity index (χ0v) is 15.9. The Hall–Kier alpha value is -1.84. The van der Waals surface area contributed by atoms with Crippen LogP contribution < -0.4 is 10.2 Å². The number of unbranched alkanes of at least 4 members (excludes halogenated alkanes) is 8. The Kier molecular flexibility index (Phi) is 12.3. The third-order valence-electron chi connectivity index (χ3n) is 4.06. The summed E-state index contributed by atoms with van der Waals surface area (Å²) >= 11 is 0. The summed E-state index contributed by atoms with van der Waals surface area (Å²) in [4.78, 5) is 11.9. The summed E-state index contributed by atoms with van der Waals surface area (Å²) < 4.78 is 5.74. The molecule has 1 aromatic rings. The van der Waals surface area contributed by atoms with Crippen molar-refractivity contribution in [2.45, 2.75) is 78.1 Å². The van der Waals surface area contributed by atoms with Crippen LogP contribution in [-0.4, -0.2) is 18.7 Å². The molecule has 4 nitrogen and oxygen atoms in total. The molecule has 0 saturated carbocycles. The number of hydrogen-bond donors (Lipinski definition) is 1. The minimum Gasteiger partial charge on any atom is -0.494 e. The Morgan fingerprint density at radius 2 is 1.60 bits per heavy atom. The van der Waals surface area contributed by atoms with Crippen LogP contribution in [0.2, 0.25) is 0 Å². The highest BCUT2D eigenvalue weighted by atomic mass is 16.5. The molecule has 0 radical (unpaired) electrons. The van der Waals surface area contributed by atoms with Gasteiger partial charge in [0.2, 0.25) is 0 Å². The quantitative estimate of drug-likeness (QED) is 0.266. The monoisotopic (exact) mass is 346 g/mol. The van der Waals surface area contributed by atoms with E-state index in [0.717, 1.165) is 31.6 Å². The molecule has 0 aliphatic carbocycles. The lowest BCUT2D eigenvalue weighted by atomic mass is 10.1. The third kappa shape index (κ3) is 10.6. The highest BCUT2D eigenvalue weighted by Gasteiger charge is 2.04. The fourth-order valence-corrected chi connectivity index (χ4v) is 2.49. The molecule has 0 aromatic heterocycles. The van der Waals surface area contributed by atoms with Gasteiger partial charge in [-0.05, 0) is 37.1 Å². The van der Waals surface area contributed by atoms with Crippen LogP contribution >= 0.6 is 0 Å². The van der Waals surface area contributed by atoms with E-state index in [-0.39, 0.29) is 5.91 Å². The number of amides is 1. The molecular weight excluding hydrogens is 312 g/mol. The maximum atomic E-state index is 11.9. The molecular formula is C21H34N2O2. The SMILES string of the molecule is CCC/C=N/NC(=O)c1ccc(OCCCCCCCCCC)cc1. The second-order valence-corrected chi connectivity index (χ2v) is 6.39. The molecule has 1 N–H and O–H groups in total. The summed E-state index contributed by atoms with van der Waals surface area (Å²) in [6, 6.07) is 7.23. The Bertz CT molecular complexity index is 483. The molecule has 140 valence electrons. The van der Waals surface area contributed by atoms with Crippen LogP contribution in [0.3, 0.4) is 0 Å². The average molecular weight is 347 g/mol. The zero-order chi connectivity index (χ0) is 18.2. The topological polar surface area (TPSA) is 50.7 Å². The van der Waals surface area contributed by atoms with Crippen LogP contribution in [0.5, 0.6) is 5.75 Å². The van der Waals surface area contributed by atoms with E-state index in [1.165, 1.54) is 44.9 Å². The largest absolute Gasteiger partial charge is 0.494 e. The highest BCUT2D eigenvalue weighted by Crippen LogP contribution is 2.14. The van der Waals surface area contributed by atoms with Crippen molar-refractivity contribution < 1.29 is 9.53 Å². The Morgan fingerprint density at radius 3 is 2.24 bits per heavy atom. The fraction of sp³-hybridized carbons (Fsp3) is 0.619. The standard InChI is InChI=1S/C21H34N2O2/c1-3-5-7-8-9-10-11-12-18-25-20-15-13-19(14-16-20)21(24)23-22-17-6-4-2/h13-17H,3-12,18H2,1-2H3,(H,23,24)/b22-17+. The average Bonchev–Trinajstić information content (AvgIpc) is 2.64. The van der Waals surface area contributed by atoms with Gasteiger partial charge in [0.1, 0.15) is 5.75 Å². The summed E-state index contributed by atoms with van der Waals surface area (Å²) in [7, 11) is 0. The van der Waals surface area contributed by atoms with Crippen molar-refractivity contribution in [2.75, 3.05) is 6.61 Å². The number of nitrogens with zero attached hydrogens (tertiary/aromatic N) is 1. The molecule has 1 amide bonds. The summed E-state index contributed by atoms with van der Waals surface area (Å²) in [5.74, 6) is 0.621. The van der Waals surface area contributed by atoms with E-state index in [2.05, 4.69) is 24.4 Å². The number of carbonyl (C=O) groups excluding carboxylic acids is 1. The van der Waals surface area contributed by atoms with E-state index in [9.17, 15) is 4.79 Å². The predicted octanol–water partition coefficient (Wildman–Crippen LogP) is 5.72. The number of hydrogen-bond acceptors (Lipinski definition) is 3. The number of nitrogens with one attached hydrogen (secondary N) is 1. The summed E-state index contributed by atoms with van der Waals surface area (Å²) in [6.07, 6.45) is 14.0. The Labute approximate surface area is 153 Å². The van der Waals surface area contributed by atoms with Crippen molar-refractivity contribution in [1.82, 2.24) is 5.43 Å². The molecule has 25 heavy (non-hydrogen) atoms. The van der Waals surface area contributed by atoms with Gasteiger partial charge >= 0.3 is 0 Å². The Morgan fingerprint density at radius 1 is 0.960 bits per heavy atom. The van der Waals surface area contributed by atoms with Gasteiger partial charge in [0.25, 0.3) is 5.91 Å². The second-order valence-electron chi connectivity index (χ2n) is 6.39. The van der Waals surface area contributed by atoms with E-state index < -0.39 is 0 Å². The van der Waals surface area contributed by atoms with Crippen LogP contribution in [0.15, 0.2) is 29.4 Å². The molecule has 0 saturated heterocycles. The molecule has 0 spiro atoms. The van der Waals surface area contributed by atoms with Crippen molar-refractivity contribution in [2.24, 2.45) is 5.10 Å². The van der Waals surface area contributed by atoms with Crippen molar-refractivity contribution in [3.8, 4) is 5.75 Å². The molecule has 0 aliphatic heterocycles. The van der Waals surface area contributed by atoms with Gasteiger partial charge in [-0.3, -0.25) is 4.79 Å². The predicted molar refractivity (Wildman–Crippen MR) is 105 cm³/mol. The van der Waals surface area contributed by atoms with E-state index in [0.29, 0.717) is 5.56 Å². The van der Waals surface area contributed by atoms with Gasteiger partial charge in [0, 0.05) is 11.8 Å². The molecule has 0 atom stereocenters. The van der Waals surface area contributed by atoms with Crippen LogP contribution in [0, 0.1) is 0 Å². The van der Waals surface area contributed by atoms with Gasteiger partial charge in [0.15, 0.2) is 0 Å². The van der Waals surface area contributed by atoms with Gasteiger partial charge in [-0.1, -0.05) is 65.2 Å². The maximum Gasteiger partial charge on any atom is 0.271 e. The fourth-order valence-electron chi connectivity index (χ4n) is 2.49. The van der Waals surface area contributed by atoms with Gasteiger partial charge < -0.3 is 4.74 Å². The lowest BCUT2D eigenvalue weighted by Gasteiger charge is -2.07. The molecule has 0 heterocycles. The van der Waals surface area contributed by atoms with E-state index in [4.69, 9.17) is 4.74 Å². The summed E-state index contributed by atoms with van der Waals surface area (Å²) in [6.45, 7) is 5.06. The number of carbonyl (C=O) groups is 1. The first-order valence-electron chi connectivity index (χ1n) is 9.82. The smallest absolute Gasteiger partial charge is 0.271 e.